The van der Waals surface area contributed by atoms with Gasteiger partial charge in [0.1, 0.15) is 5.82 Å². The second kappa shape index (κ2) is 5.58. The van der Waals surface area contributed by atoms with E-state index in [-0.39, 0.29) is 11.9 Å². The fourth-order valence-electron chi connectivity index (χ4n) is 1.46. The van der Waals surface area contributed by atoms with E-state index in [0.29, 0.717) is 24.4 Å². The molecule has 0 aliphatic rings. The van der Waals surface area contributed by atoms with Crippen LogP contribution in [0.15, 0.2) is 22.7 Å². The van der Waals surface area contributed by atoms with E-state index in [1.54, 1.807) is 12.1 Å². The van der Waals surface area contributed by atoms with E-state index < -0.39 is 0 Å². The van der Waals surface area contributed by atoms with Crippen molar-refractivity contribution in [1.82, 2.24) is 0 Å². The third kappa shape index (κ3) is 3.55. The minimum absolute atomic E-state index is 0.255. The van der Waals surface area contributed by atoms with Crippen LogP contribution in [-0.4, -0.2) is 6.54 Å². The Morgan fingerprint density at radius 1 is 1.47 bits per heavy atom. The van der Waals surface area contributed by atoms with Gasteiger partial charge in [-0.1, -0.05) is 22.9 Å². The molecule has 0 bridgehead atoms. The Morgan fingerprint density at radius 2 is 2.13 bits per heavy atom. The molecular weight excluding hydrogens is 259 g/mol. The van der Waals surface area contributed by atoms with Crippen LogP contribution < -0.4 is 11.5 Å². The standard InChI is InChI=1S/C11H16BrFN2/c1-7(6-14)4-11(15)9-5-8(12)2-3-10(9)13/h2-3,5,7,11H,4,6,14-15H2,1H3. The average Bonchev–Trinajstić information content (AvgIpc) is 2.21. The molecule has 0 aromatic heterocycles. The number of nitrogens with two attached hydrogens (primary N) is 2. The van der Waals surface area contributed by atoms with E-state index in [2.05, 4.69) is 15.9 Å². The van der Waals surface area contributed by atoms with Crippen LogP contribution in [0.1, 0.15) is 24.9 Å². The maximum absolute atomic E-state index is 13.4. The molecule has 0 aliphatic carbocycles. The molecule has 4 N–H and O–H groups in total. The van der Waals surface area contributed by atoms with Gasteiger partial charge >= 0.3 is 0 Å². The van der Waals surface area contributed by atoms with Gasteiger partial charge in [-0.15, -0.1) is 0 Å². The normalized spacial score (nSPS) is 15.0. The van der Waals surface area contributed by atoms with Gasteiger partial charge in [0.2, 0.25) is 0 Å². The molecule has 84 valence electrons. The van der Waals surface area contributed by atoms with Crippen LogP contribution in [0.3, 0.4) is 0 Å². The van der Waals surface area contributed by atoms with Crippen molar-refractivity contribution in [2.24, 2.45) is 17.4 Å². The van der Waals surface area contributed by atoms with Crippen LogP contribution in [0.25, 0.3) is 0 Å². The molecule has 2 unspecified atom stereocenters. The molecule has 0 saturated heterocycles. The molecule has 4 heteroatoms. The van der Waals surface area contributed by atoms with Crippen LogP contribution in [0.2, 0.25) is 0 Å². The summed E-state index contributed by atoms with van der Waals surface area (Å²) in [6.07, 6.45) is 0.698. The molecule has 0 heterocycles. The number of rotatable bonds is 4. The summed E-state index contributed by atoms with van der Waals surface area (Å²) in [5.74, 6) is 0.0494. The van der Waals surface area contributed by atoms with E-state index >= 15 is 0 Å². The Bertz CT molecular complexity index is 330. The fraction of sp³-hybridized carbons (Fsp3) is 0.455. The Morgan fingerprint density at radius 3 is 2.73 bits per heavy atom. The molecule has 0 radical (unpaired) electrons. The minimum atomic E-state index is -0.291. The predicted octanol–water partition coefficient (Wildman–Crippen LogP) is 2.57. The third-order valence-corrected chi connectivity index (χ3v) is 2.91. The van der Waals surface area contributed by atoms with Gasteiger partial charge in [-0.05, 0) is 37.1 Å². The van der Waals surface area contributed by atoms with Crippen LogP contribution in [-0.2, 0) is 0 Å². The van der Waals surface area contributed by atoms with E-state index in [9.17, 15) is 4.39 Å². The third-order valence-electron chi connectivity index (χ3n) is 2.42. The predicted molar refractivity (Wildman–Crippen MR) is 63.9 cm³/mol. The SMILES string of the molecule is CC(CN)CC(N)c1cc(Br)ccc1F. The molecule has 0 saturated carbocycles. The van der Waals surface area contributed by atoms with Crippen molar-refractivity contribution in [2.45, 2.75) is 19.4 Å². The lowest BCUT2D eigenvalue weighted by atomic mass is 9.96. The van der Waals surface area contributed by atoms with Crippen molar-refractivity contribution in [3.8, 4) is 0 Å². The highest BCUT2D eigenvalue weighted by molar-refractivity contribution is 9.10. The first-order valence-electron chi connectivity index (χ1n) is 4.95. The fourth-order valence-corrected chi connectivity index (χ4v) is 1.83. The van der Waals surface area contributed by atoms with Crippen molar-refractivity contribution < 1.29 is 4.39 Å². The Labute approximate surface area is 98.0 Å². The highest BCUT2D eigenvalue weighted by atomic mass is 79.9. The first-order valence-corrected chi connectivity index (χ1v) is 5.74. The molecule has 2 atom stereocenters. The summed E-state index contributed by atoms with van der Waals surface area (Å²) in [5.41, 5.74) is 12.0. The van der Waals surface area contributed by atoms with Gasteiger partial charge in [0, 0.05) is 16.1 Å². The maximum Gasteiger partial charge on any atom is 0.128 e. The molecule has 1 rings (SSSR count). The summed E-state index contributed by atoms with van der Waals surface area (Å²) in [7, 11) is 0. The minimum Gasteiger partial charge on any atom is -0.330 e. The lowest BCUT2D eigenvalue weighted by Gasteiger charge is -2.17. The van der Waals surface area contributed by atoms with E-state index in [0.717, 1.165) is 4.47 Å². The van der Waals surface area contributed by atoms with Crippen molar-refractivity contribution in [3.63, 3.8) is 0 Å². The molecule has 1 aromatic rings. The summed E-state index contributed by atoms with van der Waals surface area (Å²) >= 11 is 3.30. The van der Waals surface area contributed by atoms with Gasteiger partial charge in [-0.3, -0.25) is 0 Å². The maximum atomic E-state index is 13.4. The lowest BCUT2D eigenvalue weighted by molar-refractivity contribution is 0.467. The molecule has 0 spiro atoms. The molecular formula is C11H16BrFN2. The van der Waals surface area contributed by atoms with E-state index in [1.165, 1.54) is 6.07 Å². The quantitative estimate of drug-likeness (QED) is 0.887. The van der Waals surface area contributed by atoms with Gasteiger partial charge in [-0.2, -0.15) is 0 Å². The van der Waals surface area contributed by atoms with Gasteiger partial charge in [-0.25, -0.2) is 4.39 Å². The number of halogens is 2. The molecule has 0 aliphatic heterocycles. The number of benzene rings is 1. The largest absolute Gasteiger partial charge is 0.330 e. The summed E-state index contributed by atoms with van der Waals surface area (Å²) in [6, 6.07) is 4.52. The first kappa shape index (κ1) is 12.6. The number of hydrogen-bond donors (Lipinski definition) is 2. The molecule has 0 fully saturated rings. The average molecular weight is 275 g/mol. The van der Waals surface area contributed by atoms with Crippen molar-refractivity contribution >= 4 is 15.9 Å². The van der Waals surface area contributed by atoms with Gasteiger partial charge in [0.15, 0.2) is 0 Å². The van der Waals surface area contributed by atoms with E-state index in [1.807, 2.05) is 6.92 Å². The van der Waals surface area contributed by atoms with Crippen LogP contribution in [0.4, 0.5) is 4.39 Å². The van der Waals surface area contributed by atoms with Crippen molar-refractivity contribution in [3.05, 3.63) is 34.1 Å². The first-order chi connectivity index (χ1) is 7.04. The van der Waals surface area contributed by atoms with Crippen LogP contribution in [0, 0.1) is 11.7 Å². The monoisotopic (exact) mass is 274 g/mol. The van der Waals surface area contributed by atoms with Crippen molar-refractivity contribution in [2.75, 3.05) is 6.54 Å². The van der Waals surface area contributed by atoms with Crippen LogP contribution >= 0.6 is 15.9 Å². The molecule has 1 aromatic carbocycles. The second-order valence-corrected chi connectivity index (χ2v) is 4.76. The Kier molecular flexibility index (Phi) is 4.70. The Hall–Kier alpha value is -0.450. The summed E-state index contributed by atoms with van der Waals surface area (Å²) in [6.45, 7) is 2.58. The zero-order valence-electron chi connectivity index (χ0n) is 8.71. The van der Waals surface area contributed by atoms with Crippen molar-refractivity contribution in [1.29, 1.82) is 0 Å². The zero-order chi connectivity index (χ0) is 11.4. The van der Waals surface area contributed by atoms with Gasteiger partial charge < -0.3 is 11.5 Å². The number of hydrogen-bond acceptors (Lipinski definition) is 2. The smallest absolute Gasteiger partial charge is 0.128 e. The Balaban J connectivity index is 2.80. The summed E-state index contributed by atoms with van der Waals surface area (Å²) in [4.78, 5) is 0. The molecule has 0 amide bonds. The zero-order valence-corrected chi connectivity index (χ0v) is 10.3. The van der Waals surface area contributed by atoms with Crippen LogP contribution in [0.5, 0.6) is 0 Å². The van der Waals surface area contributed by atoms with E-state index in [4.69, 9.17) is 11.5 Å². The summed E-state index contributed by atoms with van der Waals surface area (Å²) < 4.78 is 14.3. The highest BCUT2D eigenvalue weighted by Gasteiger charge is 2.14. The lowest BCUT2D eigenvalue weighted by Crippen LogP contribution is -2.20. The second-order valence-electron chi connectivity index (χ2n) is 3.85. The summed E-state index contributed by atoms with van der Waals surface area (Å²) in [5, 5.41) is 0. The van der Waals surface area contributed by atoms with Gasteiger partial charge in [0.25, 0.3) is 0 Å². The molecule has 15 heavy (non-hydrogen) atoms. The van der Waals surface area contributed by atoms with Gasteiger partial charge in [0.05, 0.1) is 0 Å². The molecule has 2 nitrogen and oxygen atoms in total. The highest BCUT2D eigenvalue weighted by Crippen LogP contribution is 2.24. The topological polar surface area (TPSA) is 52.0 Å².